The highest BCUT2D eigenvalue weighted by Crippen LogP contribution is 2.34. The van der Waals surface area contributed by atoms with Gasteiger partial charge in [-0.1, -0.05) is 38.3 Å². The molecule has 1 aromatic heterocycles. The minimum absolute atomic E-state index is 0.413. The molecule has 1 aromatic rings. The lowest BCUT2D eigenvalue weighted by Gasteiger charge is -2.24. The Labute approximate surface area is 84.7 Å². The number of nitrogen functional groups attached to an aromatic ring is 1. The average Bonchev–Trinajstić information content (AvgIpc) is 2.39. The van der Waals surface area contributed by atoms with E-state index >= 15 is 0 Å². The topological polar surface area (TPSA) is 52.0 Å². The van der Waals surface area contributed by atoms with Gasteiger partial charge in [0, 0.05) is 12.0 Å². The van der Waals surface area contributed by atoms with E-state index in [4.69, 9.17) is 10.3 Å². The van der Waals surface area contributed by atoms with Crippen molar-refractivity contribution >= 4 is 5.82 Å². The van der Waals surface area contributed by atoms with Crippen molar-refractivity contribution in [3.05, 3.63) is 11.3 Å². The molecule has 0 bridgehead atoms. The summed E-state index contributed by atoms with van der Waals surface area (Å²) in [6.07, 6.45) is 5.05. The van der Waals surface area contributed by atoms with Crippen LogP contribution in [0.3, 0.4) is 0 Å². The molecule has 14 heavy (non-hydrogen) atoms. The van der Waals surface area contributed by atoms with Crippen LogP contribution in [-0.4, -0.2) is 5.16 Å². The van der Waals surface area contributed by atoms with Crippen LogP contribution in [0.2, 0.25) is 0 Å². The summed E-state index contributed by atoms with van der Waals surface area (Å²) in [5.41, 5.74) is 6.89. The molecule has 3 nitrogen and oxygen atoms in total. The molecule has 0 spiro atoms. The SMILES string of the molecule is CC(C)c1c(N)noc1CC1CCC1. The maximum absolute atomic E-state index is 5.77. The fraction of sp³-hybridized carbons (Fsp3) is 0.727. The predicted molar refractivity (Wildman–Crippen MR) is 56.0 cm³/mol. The van der Waals surface area contributed by atoms with Crippen molar-refractivity contribution in [1.29, 1.82) is 0 Å². The first-order chi connectivity index (χ1) is 6.68. The zero-order valence-corrected chi connectivity index (χ0v) is 8.92. The molecule has 0 aliphatic heterocycles. The fourth-order valence-electron chi connectivity index (χ4n) is 2.07. The smallest absolute Gasteiger partial charge is 0.170 e. The molecule has 0 saturated heterocycles. The summed E-state index contributed by atoms with van der Waals surface area (Å²) in [5.74, 6) is 2.81. The Morgan fingerprint density at radius 1 is 1.50 bits per heavy atom. The number of hydrogen-bond donors (Lipinski definition) is 1. The maximum Gasteiger partial charge on any atom is 0.170 e. The average molecular weight is 194 g/mol. The first kappa shape index (κ1) is 9.56. The van der Waals surface area contributed by atoms with E-state index in [1.165, 1.54) is 19.3 Å². The van der Waals surface area contributed by atoms with Gasteiger partial charge in [0.15, 0.2) is 5.82 Å². The highest BCUT2D eigenvalue weighted by atomic mass is 16.5. The Kier molecular flexibility index (Phi) is 2.48. The lowest BCUT2D eigenvalue weighted by Crippen LogP contribution is -2.14. The molecule has 1 fully saturated rings. The van der Waals surface area contributed by atoms with Gasteiger partial charge in [-0.15, -0.1) is 0 Å². The Morgan fingerprint density at radius 3 is 2.71 bits per heavy atom. The molecule has 1 aliphatic carbocycles. The first-order valence-electron chi connectivity index (χ1n) is 5.42. The van der Waals surface area contributed by atoms with Gasteiger partial charge in [-0.25, -0.2) is 0 Å². The summed E-state index contributed by atoms with van der Waals surface area (Å²) in [6.45, 7) is 4.26. The minimum atomic E-state index is 0.413. The first-order valence-corrected chi connectivity index (χ1v) is 5.42. The number of hydrogen-bond acceptors (Lipinski definition) is 3. The van der Waals surface area contributed by atoms with Gasteiger partial charge in [-0.05, 0) is 11.8 Å². The van der Waals surface area contributed by atoms with Gasteiger partial charge in [0.1, 0.15) is 5.76 Å². The number of aromatic nitrogens is 1. The minimum Gasteiger partial charge on any atom is -0.381 e. The molecule has 1 heterocycles. The van der Waals surface area contributed by atoms with Crippen LogP contribution in [0.15, 0.2) is 4.52 Å². The van der Waals surface area contributed by atoms with Crippen LogP contribution in [0.25, 0.3) is 0 Å². The highest BCUT2D eigenvalue weighted by Gasteiger charge is 2.24. The van der Waals surface area contributed by atoms with Gasteiger partial charge >= 0.3 is 0 Å². The van der Waals surface area contributed by atoms with Gasteiger partial charge in [-0.3, -0.25) is 0 Å². The van der Waals surface area contributed by atoms with E-state index in [2.05, 4.69) is 19.0 Å². The number of nitrogens with two attached hydrogens (primary N) is 1. The molecule has 1 aliphatic rings. The van der Waals surface area contributed by atoms with Gasteiger partial charge in [0.05, 0.1) is 0 Å². The van der Waals surface area contributed by atoms with Crippen molar-refractivity contribution < 1.29 is 4.52 Å². The third-order valence-corrected chi connectivity index (χ3v) is 3.11. The molecule has 0 atom stereocenters. The second kappa shape index (κ2) is 3.64. The van der Waals surface area contributed by atoms with E-state index in [9.17, 15) is 0 Å². The van der Waals surface area contributed by atoms with Crippen molar-refractivity contribution in [3.8, 4) is 0 Å². The van der Waals surface area contributed by atoms with Crippen LogP contribution < -0.4 is 5.73 Å². The molecule has 0 unspecified atom stereocenters. The van der Waals surface area contributed by atoms with Crippen molar-refractivity contribution in [2.45, 2.75) is 45.4 Å². The van der Waals surface area contributed by atoms with Crippen molar-refractivity contribution in [2.24, 2.45) is 5.92 Å². The normalized spacial score (nSPS) is 17.4. The lowest BCUT2D eigenvalue weighted by molar-refractivity contribution is 0.277. The molecule has 0 radical (unpaired) electrons. The molecule has 0 amide bonds. The Morgan fingerprint density at radius 2 is 2.21 bits per heavy atom. The Balaban J connectivity index is 2.15. The number of rotatable bonds is 3. The third-order valence-electron chi connectivity index (χ3n) is 3.11. The Bertz CT molecular complexity index is 313. The van der Waals surface area contributed by atoms with E-state index < -0.39 is 0 Å². The predicted octanol–water partition coefficient (Wildman–Crippen LogP) is 2.72. The van der Waals surface area contributed by atoms with Crippen molar-refractivity contribution in [2.75, 3.05) is 5.73 Å². The quantitative estimate of drug-likeness (QED) is 0.804. The van der Waals surface area contributed by atoms with E-state index in [0.717, 1.165) is 23.7 Å². The summed E-state index contributed by atoms with van der Waals surface area (Å²) < 4.78 is 5.29. The summed E-state index contributed by atoms with van der Waals surface area (Å²) >= 11 is 0. The number of anilines is 1. The molecule has 1 saturated carbocycles. The maximum atomic E-state index is 5.77. The second-order valence-corrected chi connectivity index (χ2v) is 4.56. The van der Waals surface area contributed by atoms with Crippen LogP contribution in [0.4, 0.5) is 5.82 Å². The van der Waals surface area contributed by atoms with Crippen LogP contribution in [0.5, 0.6) is 0 Å². The summed E-state index contributed by atoms with van der Waals surface area (Å²) in [4.78, 5) is 0. The molecule has 3 heteroatoms. The third kappa shape index (κ3) is 1.63. The standard InChI is InChI=1S/C11H18N2O/c1-7(2)10-9(14-13-11(10)12)6-8-4-3-5-8/h7-8H,3-6H2,1-2H3,(H2,12,13). The van der Waals surface area contributed by atoms with Crippen LogP contribution in [-0.2, 0) is 6.42 Å². The second-order valence-electron chi connectivity index (χ2n) is 4.56. The van der Waals surface area contributed by atoms with Crippen molar-refractivity contribution in [1.82, 2.24) is 5.16 Å². The zero-order valence-electron chi connectivity index (χ0n) is 8.92. The van der Waals surface area contributed by atoms with Gasteiger partial charge in [0.2, 0.25) is 0 Å². The van der Waals surface area contributed by atoms with Gasteiger partial charge in [-0.2, -0.15) is 0 Å². The van der Waals surface area contributed by atoms with Crippen LogP contribution in [0, 0.1) is 5.92 Å². The molecular formula is C11H18N2O. The fourth-order valence-corrected chi connectivity index (χ4v) is 2.07. The summed E-state index contributed by atoms with van der Waals surface area (Å²) in [6, 6.07) is 0. The largest absolute Gasteiger partial charge is 0.381 e. The van der Waals surface area contributed by atoms with Gasteiger partial charge < -0.3 is 10.3 Å². The monoisotopic (exact) mass is 194 g/mol. The van der Waals surface area contributed by atoms with Crippen LogP contribution in [0.1, 0.15) is 50.4 Å². The highest BCUT2D eigenvalue weighted by molar-refractivity contribution is 5.42. The van der Waals surface area contributed by atoms with Crippen molar-refractivity contribution in [3.63, 3.8) is 0 Å². The molecule has 2 N–H and O–H groups in total. The van der Waals surface area contributed by atoms with Gasteiger partial charge in [0.25, 0.3) is 0 Å². The Hall–Kier alpha value is -0.990. The lowest BCUT2D eigenvalue weighted by atomic mass is 9.81. The zero-order chi connectivity index (χ0) is 10.1. The molecule has 0 aromatic carbocycles. The van der Waals surface area contributed by atoms with E-state index in [0.29, 0.717) is 11.7 Å². The van der Waals surface area contributed by atoms with Crippen LogP contribution >= 0.6 is 0 Å². The number of nitrogens with zero attached hydrogens (tertiary/aromatic N) is 1. The summed E-state index contributed by atoms with van der Waals surface area (Å²) in [5, 5.41) is 3.85. The van der Waals surface area contributed by atoms with E-state index in [1.54, 1.807) is 0 Å². The van der Waals surface area contributed by atoms with E-state index in [-0.39, 0.29) is 0 Å². The van der Waals surface area contributed by atoms with E-state index in [1.807, 2.05) is 0 Å². The molecule has 78 valence electrons. The summed E-state index contributed by atoms with van der Waals surface area (Å²) in [7, 11) is 0. The molecular weight excluding hydrogens is 176 g/mol. The molecule has 2 rings (SSSR count).